The van der Waals surface area contributed by atoms with Crippen LogP contribution >= 0.6 is 38.9 Å². The molecule has 0 spiro atoms. The van der Waals surface area contributed by atoms with Gasteiger partial charge in [0.05, 0.1) is 10.9 Å². The van der Waals surface area contributed by atoms with Crippen LogP contribution in [0.25, 0.3) is 0 Å². The first kappa shape index (κ1) is 17.5. The Morgan fingerprint density at radius 3 is 2.67 bits per heavy atom. The number of hydrogen-bond donors (Lipinski definition) is 1. The number of halogens is 2. The lowest BCUT2D eigenvalue weighted by Gasteiger charge is -2.24. The molecule has 0 radical (unpaired) electrons. The van der Waals surface area contributed by atoms with E-state index in [0.29, 0.717) is 29.4 Å². The van der Waals surface area contributed by atoms with Crippen molar-refractivity contribution in [2.24, 2.45) is 0 Å². The summed E-state index contributed by atoms with van der Waals surface area (Å²) in [6.07, 6.45) is 1.53. The maximum atomic E-state index is 12.7. The summed E-state index contributed by atoms with van der Waals surface area (Å²) in [5.74, 6) is -0.207. The Kier molecular flexibility index (Phi) is 5.58. The van der Waals surface area contributed by atoms with Crippen molar-refractivity contribution in [1.82, 2.24) is 10.2 Å². The van der Waals surface area contributed by atoms with E-state index in [1.807, 2.05) is 24.3 Å². The molecule has 0 aliphatic carbocycles. The number of nitrogens with zero attached hydrogens (tertiary/aromatic N) is 1. The molecule has 1 aliphatic rings. The summed E-state index contributed by atoms with van der Waals surface area (Å²) in [7, 11) is 0. The number of nitrogens with one attached hydrogen (secondary N) is 1. The van der Waals surface area contributed by atoms with Crippen molar-refractivity contribution in [3.05, 3.63) is 55.6 Å². The van der Waals surface area contributed by atoms with E-state index in [1.165, 1.54) is 11.3 Å². The monoisotopic (exact) mass is 426 g/mol. The predicted molar refractivity (Wildman–Crippen MR) is 99.4 cm³/mol. The highest BCUT2D eigenvalue weighted by Crippen LogP contribution is 2.23. The van der Waals surface area contributed by atoms with Crippen molar-refractivity contribution in [3.63, 3.8) is 0 Å². The third-order valence-electron chi connectivity index (χ3n) is 3.97. The van der Waals surface area contributed by atoms with Crippen LogP contribution in [0.5, 0.6) is 0 Å². The van der Waals surface area contributed by atoms with Gasteiger partial charge in [-0.15, -0.1) is 11.3 Å². The Bertz CT molecular complexity index is 747. The minimum Gasteiger partial charge on any atom is -0.349 e. The van der Waals surface area contributed by atoms with Gasteiger partial charge in [0, 0.05) is 21.5 Å². The van der Waals surface area contributed by atoms with E-state index >= 15 is 0 Å². The molecular formula is C17H16BrClN2O2S. The van der Waals surface area contributed by atoms with E-state index in [4.69, 9.17) is 11.6 Å². The van der Waals surface area contributed by atoms with Gasteiger partial charge < -0.3 is 10.2 Å². The standard InChI is InChI=1S/C17H16BrClN2O2S/c18-12-5-3-11(4-6-12)17(23)21-9-1-2-14(21)16(22)20-10-13-7-8-15(19)24-13/h3-8,14H,1-2,9-10H2,(H,20,22). The number of likely N-dealkylation sites (tertiary alicyclic amines) is 1. The zero-order valence-electron chi connectivity index (χ0n) is 12.8. The number of rotatable bonds is 4. The Morgan fingerprint density at radius 1 is 1.25 bits per heavy atom. The lowest BCUT2D eigenvalue weighted by molar-refractivity contribution is -0.125. The fourth-order valence-electron chi connectivity index (χ4n) is 2.78. The van der Waals surface area contributed by atoms with Gasteiger partial charge in [-0.05, 0) is 49.2 Å². The van der Waals surface area contributed by atoms with Crippen LogP contribution in [0.2, 0.25) is 4.34 Å². The van der Waals surface area contributed by atoms with E-state index in [1.54, 1.807) is 17.0 Å². The summed E-state index contributed by atoms with van der Waals surface area (Å²) in [6, 6.07) is 10.5. The number of hydrogen-bond acceptors (Lipinski definition) is 3. The summed E-state index contributed by atoms with van der Waals surface area (Å²) in [4.78, 5) is 27.8. The zero-order chi connectivity index (χ0) is 17.1. The highest BCUT2D eigenvalue weighted by atomic mass is 79.9. The van der Waals surface area contributed by atoms with Gasteiger partial charge in [0.15, 0.2) is 0 Å². The summed E-state index contributed by atoms with van der Waals surface area (Å²) < 4.78 is 1.62. The van der Waals surface area contributed by atoms with E-state index in [9.17, 15) is 9.59 Å². The molecule has 2 aromatic rings. The van der Waals surface area contributed by atoms with Gasteiger partial charge in [-0.2, -0.15) is 0 Å². The molecule has 1 atom stereocenters. The van der Waals surface area contributed by atoms with Gasteiger partial charge in [-0.1, -0.05) is 27.5 Å². The number of carbonyl (C=O) groups is 2. The maximum absolute atomic E-state index is 12.7. The number of thiophene rings is 1. The van der Waals surface area contributed by atoms with Crippen molar-refractivity contribution >= 4 is 50.7 Å². The second kappa shape index (κ2) is 7.68. The predicted octanol–water partition coefficient (Wildman–Crippen LogP) is 4.09. The van der Waals surface area contributed by atoms with Gasteiger partial charge in [-0.25, -0.2) is 0 Å². The molecule has 4 nitrogen and oxygen atoms in total. The number of carbonyl (C=O) groups excluding carboxylic acids is 2. The molecule has 1 aliphatic heterocycles. The van der Waals surface area contributed by atoms with Crippen LogP contribution in [0.3, 0.4) is 0 Å². The first-order valence-electron chi connectivity index (χ1n) is 7.63. The van der Waals surface area contributed by atoms with Gasteiger partial charge in [0.25, 0.3) is 5.91 Å². The van der Waals surface area contributed by atoms with Crippen molar-refractivity contribution in [2.45, 2.75) is 25.4 Å². The van der Waals surface area contributed by atoms with Gasteiger partial charge in [0.1, 0.15) is 6.04 Å². The Balaban J connectivity index is 1.64. The second-order valence-corrected chi connectivity index (χ2v) is 8.30. The SMILES string of the molecule is O=C(NCc1ccc(Cl)s1)C1CCCN1C(=O)c1ccc(Br)cc1. The van der Waals surface area contributed by atoms with Gasteiger partial charge in [-0.3, -0.25) is 9.59 Å². The topological polar surface area (TPSA) is 49.4 Å². The fourth-order valence-corrected chi connectivity index (χ4v) is 4.07. The largest absolute Gasteiger partial charge is 0.349 e. The molecule has 1 fully saturated rings. The third-order valence-corrected chi connectivity index (χ3v) is 5.73. The van der Waals surface area contributed by atoms with Crippen LogP contribution in [0, 0.1) is 0 Å². The van der Waals surface area contributed by atoms with Gasteiger partial charge in [0.2, 0.25) is 5.91 Å². The highest BCUT2D eigenvalue weighted by molar-refractivity contribution is 9.10. The first-order chi connectivity index (χ1) is 11.5. The second-order valence-electron chi connectivity index (χ2n) is 5.59. The summed E-state index contributed by atoms with van der Waals surface area (Å²) in [5.41, 5.74) is 0.600. The van der Waals surface area contributed by atoms with Crippen LogP contribution in [-0.2, 0) is 11.3 Å². The molecule has 0 saturated carbocycles. The summed E-state index contributed by atoms with van der Waals surface area (Å²) in [5, 5.41) is 2.91. The average Bonchev–Trinajstić information content (AvgIpc) is 3.21. The molecule has 7 heteroatoms. The molecule has 0 bridgehead atoms. The summed E-state index contributed by atoms with van der Waals surface area (Å²) in [6.45, 7) is 1.05. The minimum atomic E-state index is -0.406. The van der Waals surface area contributed by atoms with Crippen LogP contribution in [-0.4, -0.2) is 29.3 Å². The van der Waals surface area contributed by atoms with Crippen molar-refractivity contribution < 1.29 is 9.59 Å². The fraction of sp³-hybridized carbons (Fsp3) is 0.294. The Hall–Kier alpha value is -1.37. The van der Waals surface area contributed by atoms with Crippen molar-refractivity contribution in [1.29, 1.82) is 0 Å². The quantitative estimate of drug-likeness (QED) is 0.799. The lowest BCUT2D eigenvalue weighted by Crippen LogP contribution is -2.45. The first-order valence-corrected chi connectivity index (χ1v) is 9.62. The lowest BCUT2D eigenvalue weighted by atomic mass is 10.1. The molecule has 1 saturated heterocycles. The molecule has 2 heterocycles. The molecule has 2 amide bonds. The molecule has 3 rings (SSSR count). The van der Waals surface area contributed by atoms with Crippen LogP contribution < -0.4 is 5.32 Å². The maximum Gasteiger partial charge on any atom is 0.254 e. The van der Waals surface area contributed by atoms with Crippen molar-refractivity contribution in [3.8, 4) is 0 Å². The highest BCUT2D eigenvalue weighted by Gasteiger charge is 2.34. The Labute approximate surface area is 157 Å². The van der Waals surface area contributed by atoms with Crippen molar-refractivity contribution in [2.75, 3.05) is 6.54 Å². The number of amides is 2. The van der Waals surface area contributed by atoms with Crippen LogP contribution in [0.15, 0.2) is 40.9 Å². The average molecular weight is 428 g/mol. The smallest absolute Gasteiger partial charge is 0.254 e. The molecule has 1 unspecified atom stereocenters. The van der Waals surface area contributed by atoms with E-state index in [0.717, 1.165) is 15.8 Å². The molecule has 24 heavy (non-hydrogen) atoms. The van der Waals surface area contributed by atoms with E-state index in [2.05, 4.69) is 21.2 Å². The minimum absolute atomic E-state index is 0.0979. The third kappa shape index (κ3) is 3.99. The Morgan fingerprint density at radius 2 is 2.00 bits per heavy atom. The molecular weight excluding hydrogens is 412 g/mol. The summed E-state index contributed by atoms with van der Waals surface area (Å²) >= 11 is 10.7. The van der Waals surface area contributed by atoms with E-state index < -0.39 is 6.04 Å². The molecule has 126 valence electrons. The normalized spacial score (nSPS) is 17.1. The molecule has 1 aromatic carbocycles. The molecule has 1 N–H and O–H groups in total. The number of benzene rings is 1. The van der Waals surface area contributed by atoms with Crippen LogP contribution in [0.4, 0.5) is 0 Å². The van der Waals surface area contributed by atoms with E-state index in [-0.39, 0.29) is 11.8 Å². The van der Waals surface area contributed by atoms with Crippen LogP contribution in [0.1, 0.15) is 28.1 Å². The molecule has 1 aromatic heterocycles. The zero-order valence-corrected chi connectivity index (χ0v) is 16.0. The van der Waals surface area contributed by atoms with Gasteiger partial charge >= 0.3 is 0 Å².